The topological polar surface area (TPSA) is 78.5 Å². The van der Waals surface area contributed by atoms with E-state index in [1.807, 2.05) is 13.1 Å². The molecule has 0 radical (unpaired) electrons. The maximum Gasteiger partial charge on any atom is 0.0967 e. The minimum atomic E-state index is 0. The Morgan fingerprint density at radius 3 is 1.94 bits per heavy atom. The summed E-state index contributed by atoms with van der Waals surface area (Å²) >= 11 is 9.53. The van der Waals surface area contributed by atoms with E-state index in [1.54, 1.807) is 0 Å². The monoisotopic (exact) mass is 304 g/mol. The number of hydrogen-bond acceptors (Lipinski definition) is 2. The summed E-state index contributed by atoms with van der Waals surface area (Å²) in [4.78, 5) is 0. The van der Waals surface area contributed by atoms with Crippen LogP contribution in [0, 0.1) is 0 Å². The van der Waals surface area contributed by atoms with Crippen molar-refractivity contribution in [2.75, 3.05) is 12.4 Å². The van der Waals surface area contributed by atoms with Crippen LogP contribution in [-0.2, 0) is 6.42 Å². The van der Waals surface area contributed by atoms with Crippen molar-refractivity contribution in [2.24, 2.45) is 0 Å². The first-order valence-corrected chi connectivity index (χ1v) is 5.64. The van der Waals surface area contributed by atoms with E-state index in [2.05, 4.69) is 36.5 Å². The van der Waals surface area contributed by atoms with Crippen LogP contribution in [-0.4, -0.2) is 23.9 Å². The lowest BCUT2D eigenvalue weighted by Crippen LogP contribution is -2.23. The number of likely N-dealkylation sites (N-methyl/N-ethyl adjacent to an activating group) is 1. The molecule has 6 heteroatoms. The fourth-order valence-corrected chi connectivity index (χ4v) is 1.07. The Hall–Kier alpha value is -0.0300. The highest BCUT2D eigenvalue weighted by Gasteiger charge is 1.97. The average Bonchev–Trinajstić information content (AvgIpc) is 2.20. The van der Waals surface area contributed by atoms with Gasteiger partial charge in [0.15, 0.2) is 0 Å². The summed E-state index contributed by atoms with van der Waals surface area (Å²) in [5, 5.41) is 3.41. The number of nitrogens with one attached hydrogen (secondary N) is 1. The fraction of sp³-hybridized carbons (Fsp3) is 0.455. The van der Waals surface area contributed by atoms with Crippen LogP contribution in [0.5, 0.6) is 0 Å². The van der Waals surface area contributed by atoms with Gasteiger partial charge >= 0.3 is 0 Å². The fourth-order valence-electron chi connectivity index (χ4n) is 1.07. The summed E-state index contributed by atoms with van der Waals surface area (Å²) < 4.78 is 0. The molecule has 0 unspecified atom stereocenters. The number of halogens is 3. The molecule has 1 aromatic rings. The van der Waals surface area contributed by atoms with Crippen LogP contribution in [0.2, 0.25) is 0 Å². The highest BCUT2D eigenvalue weighted by molar-refractivity contribution is 6.40. The Labute approximate surface area is 120 Å². The van der Waals surface area contributed by atoms with Gasteiger partial charge in [0, 0.05) is 6.04 Å². The molecule has 0 bridgehead atoms. The summed E-state index contributed by atoms with van der Waals surface area (Å²) in [6.45, 7) is 2.19. The van der Waals surface area contributed by atoms with Crippen molar-refractivity contribution < 1.29 is 5.48 Å². The largest absolute Gasteiger partial charge is 0.412 e. The molecule has 0 spiro atoms. The molecule has 1 atom stereocenters. The van der Waals surface area contributed by atoms with Crippen LogP contribution in [0.25, 0.3) is 0 Å². The Morgan fingerprint density at radius 1 is 1.18 bits per heavy atom. The van der Waals surface area contributed by atoms with Gasteiger partial charge in [-0.25, -0.2) is 0 Å². The molecule has 1 rings (SSSR count). The predicted octanol–water partition coefficient (Wildman–Crippen LogP) is 3.02. The van der Waals surface area contributed by atoms with Gasteiger partial charge in [-0.2, -0.15) is 0 Å². The summed E-state index contributed by atoms with van der Waals surface area (Å²) in [7, 11) is 1.99. The van der Waals surface area contributed by atoms with E-state index in [0.29, 0.717) is 6.04 Å². The molecule has 0 heterocycles. The van der Waals surface area contributed by atoms with Crippen LogP contribution in [0.1, 0.15) is 12.5 Å². The minimum Gasteiger partial charge on any atom is -0.412 e. The van der Waals surface area contributed by atoms with Crippen molar-refractivity contribution in [3.05, 3.63) is 35.9 Å². The van der Waals surface area contributed by atoms with E-state index >= 15 is 0 Å². The maximum absolute atomic E-state index is 4.76. The van der Waals surface area contributed by atoms with E-state index in [1.165, 1.54) is 5.56 Å². The molecule has 6 N–H and O–H groups in total. The van der Waals surface area contributed by atoms with Gasteiger partial charge in [0.25, 0.3) is 0 Å². The van der Waals surface area contributed by atoms with Crippen LogP contribution < -0.4 is 11.5 Å². The Bertz CT molecular complexity index is 225. The third kappa shape index (κ3) is 16.0. The highest BCUT2D eigenvalue weighted by Crippen LogP contribution is 2.01. The van der Waals surface area contributed by atoms with Crippen molar-refractivity contribution in [1.82, 2.24) is 11.5 Å². The SMILES string of the molecule is CN[C@@H](C)Cc1ccccc1.Cl.ClCCl.N.O. The molecule has 0 fully saturated rings. The lowest BCUT2D eigenvalue weighted by molar-refractivity contribution is 0.608. The first kappa shape index (κ1) is 25.7. The third-order valence-electron chi connectivity index (χ3n) is 1.88. The molecule has 0 saturated carbocycles. The van der Waals surface area contributed by atoms with E-state index in [9.17, 15) is 0 Å². The summed E-state index contributed by atoms with van der Waals surface area (Å²) in [6.07, 6.45) is 1.11. The molecule has 0 aliphatic rings. The second-order valence-corrected chi connectivity index (χ2v) is 3.79. The van der Waals surface area contributed by atoms with E-state index in [-0.39, 0.29) is 29.4 Å². The summed E-state index contributed by atoms with van der Waals surface area (Å²) in [5.74, 6) is 0. The second-order valence-electron chi connectivity index (χ2n) is 2.98. The van der Waals surface area contributed by atoms with Crippen molar-refractivity contribution in [3.63, 3.8) is 0 Å². The second kappa shape index (κ2) is 18.3. The lowest BCUT2D eigenvalue weighted by Gasteiger charge is -2.08. The van der Waals surface area contributed by atoms with E-state index in [0.717, 1.165) is 6.42 Å². The molecule has 0 aliphatic heterocycles. The number of rotatable bonds is 3. The Morgan fingerprint density at radius 2 is 1.59 bits per heavy atom. The third-order valence-corrected chi connectivity index (χ3v) is 1.88. The average molecular weight is 306 g/mol. The van der Waals surface area contributed by atoms with Crippen molar-refractivity contribution in [1.29, 1.82) is 0 Å². The molecule has 3 nitrogen and oxygen atoms in total. The van der Waals surface area contributed by atoms with E-state index in [4.69, 9.17) is 23.2 Å². The first-order chi connectivity index (χ1) is 6.74. The molecule has 0 aromatic heterocycles. The summed E-state index contributed by atoms with van der Waals surface area (Å²) in [5.41, 5.74) is 1.40. The number of alkyl halides is 2. The normalized spacial score (nSPS) is 9.41. The van der Waals surface area contributed by atoms with Gasteiger partial charge in [-0.05, 0) is 26.0 Å². The molecule has 1 aromatic carbocycles. The number of benzene rings is 1. The summed E-state index contributed by atoms with van der Waals surface area (Å²) in [6, 6.07) is 11.1. The first-order valence-electron chi connectivity index (χ1n) is 4.57. The Kier molecular flexibility index (Phi) is 27.8. The van der Waals surface area contributed by atoms with Crippen molar-refractivity contribution >= 4 is 35.6 Å². The van der Waals surface area contributed by atoms with Gasteiger partial charge in [0.05, 0.1) is 5.34 Å². The Balaban J connectivity index is -0.000000128. The number of hydrogen-bond donors (Lipinski definition) is 2. The minimum absolute atomic E-state index is 0. The smallest absolute Gasteiger partial charge is 0.0967 e. The van der Waals surface area contributed by atoms with Crippen LogP contribution >= 0.6 is 35.6 Å². The maximum atomic E-state index is 4.76. The molecule has 0 saturated heterocycles. The molecule has 0 amide bonds. The van der Waals surface area contributed by atoms with Crippen molar-refractivity contribution in [2.45, 2.75) is 19.4 Å². The highest BCUT2D eigenvalue weighted by atomic mass is 35.5. The van der Waals surface area contributed by atoms with Gasteiger partial charge in [0.2, 0.25) is 0 Å². The van der Waals surface area contributed by atoms with Gasteiger partial charge < -0.3 is 16.9 Å². The van der Waals surface area contributed by atoms with Gasteiger partial charge in [-0.1, -0.05) is 30.3 Å². The zero-order chi connectivity index (χ0) is 10.8. The van der Waals surface area contributed by atoms with Crippen LogP contribution in [0.15, 0.2) is 30.3 Å². The van der Waals surface area contributed by atoms with E-state index < -0.39 is 0 Å². The zero-order valence-electron chi connectivity index (χ0n) is 10.2. The molecular weight excluding hydrogens is 282 g/mol. The quantitative estimate of drug-likeness (QED) is 0.842. The lowest BCUT2D eigenvalue weighted by atomic mass is 10.1. The molecule has 17 heavy (non-hydrogen) atoms. The van der Waals surface area contributed by atoms with Gasteiger partial charge in [-0.15, -0.1) is 35.6 Å². The van der Waals surface area contributed by atoms with Crippen LogP contribution in [0.3, 0.4) is 0 Å². The zero-order valence-corrected chi connectivity index (χ0v) is 12.6. The standard InChI is InChI=1S/C10H15N.CH2Cl2.ClH.H3N.H2O/c1-9(11-2)8-10-6-4-3-5-7-10;2-1-3;;;/h3-7,9,11H,8H2,1-2H3;1H2;1H;1H3;1H2/t9-;;;;/m0..../s1. The van der Waals surface area contributed by atoms with Gasteiger partial charge in [0.1, 0.15) is 0 Å². The molecular formula is C11H23Cl3N2O. The van der Waals surface area contributed by atoms with Gasteiger partial charge in [-0.3, -0.25) is 0 Å². The van der Waals surface area contributed by atoms with Crippen molar-refractivity contribution in [3.8, 4) is 0 Å². The predicted molar refractivity (Wildman–Crippen MR) is 81.1 cm³/mol. The molecule has 104 valence electrons. The molecule has 0 aliphatic carbocycles. The van der Waals surface area contributed by atoms with Crippen LogP contribution in [0.4, 0.5) is 0 Å².